The van der Waals surface area contributed by atoms with E-state index in [2.05, 4.69) is 27.7 Å². The van der Waals surface area contributed by atoms with Crippen molar-refractivity contribution < 1.29 is 9.47 Å². The molecule has 0 aromatic heterocycles. The standard InChI is InChI=1S/C16H26N2O2/c1-15(2)9-19-13(17-15)11-5-7-12(8-6-11)14-18-16(3,4)10-20-14/h11-12H,5-10H2,1-4H3. The van der Waals surface area contributed by atoms with Gasteiger partial charge in [0.2, 0.25) is 0 Å². The zero-order valence-corrected chi connectivity index (χ0v) is 13.1. The van der Waals surface area contributed by atoms with Crippen molar-refractivity contribution in [3.63, 3.8) is 0 Å². The number of rotatable bonds is 2. The highest BCUT2D eigenvalue weighted by atomic mass is 16.5. The zero-order chi connectivity index (χ0) is 14.4. The quantitative estimate of drug-likeness (QED) is 0.778. The molecule has 0 amide bonds. The lowest BCUT2D eigenvalue weighted by Gasteiger charge is -2.27. The van der Waals surface area contributed by atoms with E-state index in [0.29, 0.717) is 11.8 Å². The molecular weight excluding hydrogens is 252 g/mol. The van der Waals surface area contributed by atoms with Crippen LogP contribution >= 0.6 is 0 Å². The molecule has 112 valence electrons. The molecule has 0 aromatic rings. The van der Waals surface area contributed by atoms with Crippen molar-refractivity contribution in [1.29, 1.82) is 0 Å². The van der Waals surface area contributed by atoms with Gasteiger partial charge in [-0.1, -0.05) is 0 Å². The number of aliphatic imine (C=N–C) groups is 2. The van der Waals surface area contributed by atoms with Crippen molar-refractivity contribution in [1.82, 2.24) is 0 Å². The molecule has 1 saturated carbocycles. The summed E-state index contributed by atoms with van der Waals surface area (Å²) in [5.74, 6) is 2.98. The lowest BCUT2D eigenvalue weighted by atomic mass is 9.81. The largest absolute Gasteiger partial charge is 0.478 e. The first-order chi connectivity index (χ1) is 9.35. The van der Waals surface area contributed by atoms with Gasteiger partial charge in [-0.25, -0.2) is 9.98 Å². The van der Waals surface area contributed by atoms with E-state index in [9.17, 15) is 0 Å². The lowest BCUT2D eigenvalue weighted by Crippen LogP contribution is -2.26. The van der Waals surface area contributed by atoms with E-state index >= 15 is 0 Å². The fraction of sp³-hybridized carbons (Fsp3) is 0.875. The zero-order valence-electron chi connectivity index (χ0n) is 13.1. The number of ether oxygens (including phenoxy) is 2. The van der Waals surface area contributed by atoms with Gasteiger partial charge in [0.05, 0.1) is 11.1 Å². The molecular formula is C16H26N2O2. The van der Waals surface area contributed by atoms with Crippen molar-refractivity contribution in [2.24, 2.45) is 21.8 Å². The van der Waals surface area contributed by atoms with E-state index in [1.807, 2.05) is 0 Å². The summed E-state index contributed by atoms with van der Waals surface area (Å²) in [6, 6.07) is 0. The Labute approximate surface area is 121 Å². The van der Waals surface area contributed by atoms with E-state index in [-0.39, 0.29) is 11.1 Å². The predicted octanol–water partition coefficient (Wildman–Crippen LogP) is 3.21. The van der Waals surface area contributed by atoms with Crippen molar-refractivity contribution in [3.8, 4) is 0 Å². The molecule has 0 unspecified atom stereocenters. The highest BCUT2D eigenvalue weighted by Gasteiger charge is 2.37. The van der Waals surface area contributed by atoms with Gasteiger partial charge < -0.3 is 9.47 Å². The molecule has 0 spiro atoms. The van der Waals surface area contributed by atoms with Gasteiger partial charge >= 0.3 is 0 Å². The van der Waals surface area contributed by atoms with Gasteiger partial charge in [-0.05, 0) is 53.4 Å². The van der Waals surface area contributed by atoms with Crippen LogP contribution in [0, 0.1) is 11.8 Å². The summed E-state index contributed by atoms with van der Waals surface area (Å²) >= 11 is 0. The average molecular weight is 278 g/mol. The Morgan fingerprint density at radius 1 is 0.750 bits per heavy atom. The molecule has 4 heteroatoms. The number of hydrogen-bond donors (Lipinski definition) is 0. The van der Waals surface area contributed by atoms with Crippen LogP contribution in [0.4, 0.5) is 0 Å². The molecule has 2 heterocycles. The molecule has 1 aliphatic carbocycles. The summed E-state index contributed by atoms with van der Waals surface area (Å²) in [7, 11) is 0. The van der Waals surface area contributed by atoms with Crippen LogP contribution in [0.25, 0.3) is 0 Å². The van der Waals surface area contributed by atoms with Gasteiger partial charge in [0.25, 0.3) is 0 Å². The molecule has 1 fully saturated rings. The maximum absolute atomic E-state index is 5.79. The van der Waals surface area contributed by atoms with Gasteiger partial charge in [0, 0.05) is 11.8 Å². The van der Waals surface area contributed by atoms with Crippen molar-refractivity contribution >= 4 is 11.8 Å². The van der Waals surface area contributed by atoms with E-state index < -0.39 is 0 Å². The molecule has 0 aromatic carbocycles. The van der Waals surface area contributed by atoms with Crippen molar-refractivity contribution in [3.05, 3.63) is 0 Å². The fourth-order valence-corrected chi connectivity index (χ4v) is 3.23. The third-order valence-electron chi connectivity index (χ3n) is 4.40. The van der Waals surface area contributed by atoms with Crippen LogP contribution in [0.15, 0.2) is 9.98 Å². The topological polar surface area (TPSA) is 43.2 Å². The first-order valence-corrected chi connectivity index (χ1v) is 7.80. The maximum Gasteiger partial charge on any atom is 0.187 e. The molecule has 0 radical (unpaired) electrons. The Hall–Kier alpha value is -1.06. The van der Waals surface area contributed by atoms with Crippen LogP contribution in [0.2, 0.25) is 0 Å². The van der Waals surface area contributed by atoms with Crippen molar-refractivity contribution in [2.75, 3.05) is 13.2 Å². The summed E-state index contributed by atoms with van der Waals surface area (Å²) in [6.07, 6.45) is 4.57. The lowest BCUT2D eigenvalue weighted by molar-refractivity contribution is 0.235. The van der Waals surface area contributed by atoms with Crippen LogP contribution in [0.3, 0.4) is 0 Å². The molecule has 3 aliphatic rings. The second kappa shape index (κ2) is 4.74. The maximum atomic E-state index is 5.79. The molecule has 3 rings (SSSR count). The Balaban J connectivity index is 1.58. The normalized spacial score (nSPS) is 35.0. The van der Waals surface area contributed by atoms with Gasteiger partial charge in [-0.15, -0.1) is 0 Å². The van der Waals surface area contributed by atoms with Crippen LogP contribution in [0.1, 0.15) is 53.4 Å². The van der Waals surface area contributed by atoms with Gasteiger partial charge in [-0.2, -0.15) is 0 Å². The second-order valence-electron chi connectivity index (χ2n) is 7.65. The average Bonchev–Trinajstić information content (AvgIpc) is 2.92. The third-order valence-corrected chi connectivity index (χ3v) is 4.40. The van der Waals surface area contributed by atoms with Gasteiger partial charge in [0.1, 0.15) is 13.2 Å². The van der Waals surface area contributed by atoms with E-state index in [1.165, 1.54) is 0 Å². The minimum Gasteiger partial charge on any atom is -0.478 e. The summed E-state index contributed by atoms with van der Waals surface area (Å²) in [5.41, 5.74) is -0.0658. The monoisotopic (exact) mass is 278 g/mol. The first kappa shape index (κ1) is 13.9. The van der Waals surface area contributed by atoms with Crippen LogP contribution in [-0.4, -0.2) is 36.1 Å². The SMILES string of the molecule is CC1(C)COC(C2CCC(C3=NC(C)(C)CO3)CC2)=N1. The Morgan fingerprint density at radius 2 is 1.10 bits per heavy atom. The third kappa shape index (κ3) is 2.84. The predicted molar refractivity (Wildman–Crippen MR) is 80.4 cm³/mol. The number of nitrogens with zero attached hydrogens (tertiary/aromatic N) is 2. The Kier molecular flexibility index (Phi) is 3.30. The van der Waals surface area contributed by atoms with Crippen LogP contribution < -0.4 is 0 Å². The Bertz CT molecular complexity index is 401. The minimum atomic E-state index is -0.0329. The van der Waals surface area contributed by atoms with Crippen LogP contribution in [0.5, 0.6) is 0 Å². The molecule has 0 N–H and O–H groups in total. The summed E-state index contributed by atoms with van der Waals surface area (Å²) in [4.78, 5) is 9.45. The molecule has 0 saturated heterocycles. The molecule has 2 aliphatic heterocycles. The Morgan fingerprint density at radius 3 is 1.35 bits per heavy atom. The summed E-state index contributed by atoms with van der Waals surface area (Å²) in [5, 5.41) is 0. The fourth-order valence-electron chi connectivity index (χ4n) is 3.23. The molecule has 0 atom stereocenters. The van der Waals surface area contributed by atoms with E-state index in [0.717, 1.165) is 50.7 Å². The summed E-state index contributed by atoms with van der Waals surface area (Å²) in [6.45, 7) is 9.99. The summed E-state index contributed by atoms with van der Waals surface area (Å²) < 4.78 is 11.6. The van der Waals surface area contributed by atoms with E-state index in [1.54, 1.807) is 0 Å². The smallest absolute Gasteiger partial charge is 0.187 e. The van der Waals surface area contributed by atoms with Crippen molar-refractivity contribution in [2.45, 2.75) is 64.5 Å². The highest BCUT2D eigenvalue weighted by Crippen LogP contribution is 2.35. The molecule has 0 bridgehead atoms. The van der Waals surface area contributed by atoms with Crippen LogP contribution in [-0.2, 0) is 9.47 Å². The molecule has 4 nitrogen and oxygen atoms in total. The molecule has 20 heavy (non-hydrogen) atoms. The van der Waals surface area contributed by atoms with Gasteiger partial charge in [-0.3, -0.25) is 0 Å². The minimum absolute atomic E-state index is 0.0329. The van der Waals surface area contributed by atoms with Gasteiger partial charge in [0.15, 0.2) is 11.8 Å². The first-order valence-electron chi connectivity index (χ1n) is 7.80. The number of hydrogen-bond acceptors (Lipinski definition) is 4. The second-order valence-corrected chi connectivity index (χ2v) is 7.65. The highest BCUT2D eigenvalue weighted by molar-refractivity contribution is 5.83. The van der Waals surface area contributed by atoms with E-state index in [4.69, 9.17) is 19.5 Å².